The fourth-order valence-corrected chi connectivity index (χ4v) is 3.90. The van der Waals surface area contributed by atoms with Crippen LogP contribution in [0.4, 0.5) is 0 Å². The lowest BCUT2D eigenvalue weighted by Crippen LogP contribution is -2.15. The highest BCUT2D eigenvalue weighted by Crippen LogP contribution is 2.31. The molecule has 0 radical (unpaired) electrons. The molecule has 0 amide bonds. The molecule has 3 rings (SSSR count). The van der Waals surface area contributed by atoms with Gasteiger partial charge in [-0.25, -0.2) is 0 Å². The molecule has 0 N–H and O–H groups in total. The number of hydrogen-bond donors (Lipinski definition) is 0. The molecule has 0 spiro atoms. The molecule has 0 aliphatic carbocycles. The van der Waals surface area contributed by atoms with Crippen molar-refractivity contribution in [2.75, 3.05) is 27.2 Å². The number of halogens is 1. The Morgan fingerprint density at radius 2 is 1.75 bits per heavy atom. The number of ether oxygens (including phenoxy) is 1. The van der Waals surface area contributed by atoms with Crippen molar-refractivity contribution >= 4 is 21.6 Å². The molecule has 0 unspecified atom stereocenters. The third-order valence-corrected chi connectivity index (χ3v) is 5.87. The largest absolute Gasteiger partial charge is 0.490 e. The summed E-state index contributed by atoms with van der Waals surface area (Å²) in [5.74, 6) is 0.417. The van der Waals surface area contributed by atoms with Gasteiger partial charge in [-0.2, -0.15) is 17.6 Å². The number of aromatic nitrogens is 2. The maximum absolute atomic E-state index is 12.9. The molecule has 3 aromatic rings. The maximum Gasteiger partial charge on any atom is 0.283 e. The van der Waals surface area contributed by atoms with Gasteiger partial charge in [0.15, 0.2) is 5.75 Å². The third-order valence-electron chi connectivity index (χ3n) is 4.07. The van der Waals surface area contributed by atoms with Crippen LogP contribution in [0.1, 0.15) is 6.42 Å². The van der Waals surface area contributed by atoms with E-state index in [-0.39, 0.29) is 4.90 Å². The van der Waals surface area contributed by atoms with E-state index in [1.807, 2.05) is 14.1 Å². The summed E-state index contributed by atoms with van der Waals surface area (Å²) in [6.45, 7) is 1.32. The van der Waals surface area contributed by atoms with Crippen LogP contribution >= 0.6 is 11.6 Å². The van der Waals surface area contributed by atoms with E-state index < -0.39 is 10.0 Å². The summed E-state index contributed by atoms with van der Waals surface area (Å²) >= 11 is 5.97. The van der Waals surface area contributed by atoms with Crippen LogP contribution in [0.3, 0.4) is 0 Å². The molecule has 1 heterocycles. The van der Waals surface area contributed by atoms with E-state index in [1.54, 1.807) is 42.5 Å². The second kappa shape index (κ2) is 8.77. The first kappa shape index (κ1) is 20.4. The van der Waals surface area contributed by atoms with Gasteiger partial charge >= 0.3 is 0 Å². The number of nitrogens with zero attached hydrogens (tertiary/aromatic N) is 3. The van der Waals surface area contributed by atoms with Crippen LogP contribution in [-0.4, -0.2) is 49.8 Å². The first-order valence-corrected chi connectivity index (χ1v) is 10.6. The molecule has 0 aliphatic rings. The highest BCUT2D eigenvalue weighted by Gasteiger charge is 2.22. The molecular weight excluding hydrogens is 398 g/mol. The van der Waals surface area contributed by atoms with Crippen molar-refractivity contribution in [2.45, 2.75) is 11.3 Å². The Kier molecular flexibility index (Phi) is 6.39. The first-order chi connectivity index (χ1) is 13.4. The Morgan fingerprint density at radius 3 is 2.39 bits per heavy atom. The number of rotatable bonds is 8. The zero-order valence-corrected chi connectivity index (χ0v) is 17.3. The molecule has 2 aromatic carbocycles. The summed E-state index contributed by atoms with van der Waals surface area (Å²) in [6, 6.07) is 15.2. The molecule has 0 fully saturated rings. The predicted octanol–water partition coefficient (Wildman–Crippen LogP) is 3.77. The summed E-state index contributed by atoms with van der Waals surface area (Å²) in [5.41, 5.74) is 1.19. The van der Waals surface area contributed by atoms with Crippen LogP contribution in [0.2, 0.25) is 5.02 Å². The SMILES string of the molecule is CN(C)CCCOc1cn(S(=O)(=O)c2ccccc2)nc1-c1ccc(Cl)cc1. The molecule has 0 saturated carbocycles. The van der Waals surface area contributed by atoms with Crippen molar-refractivity contribution in [1.82, 2.24) is 14.1 Å². The summed E-state index contributed by atoms with van der Waals surface area (Å²) < 4.78 is 32.7. The molecule has 28 heavy (non-hydrogen) atoms. The molecule has 0 atom stereocenters. The summed E-state index contributed by atoms with van der Waals surface area (Å²) in [6.07, 6.45) is 2.23. The Morgan fingerprint density at radius 1 is 1.07 bits per heavy atom. The van der Waals surface area contributed by atoms with Crippen molar-refractivity contribution in [3.8, 4) is 17.0 Å². The van der Waals surface area contributed by atoms with Gasteiger partial charge in [-0.15, -0.1) is 0 Å². The normalized spacial score (nSPS) is 11.7. The van der Waals surface area contributed by atoms with Crippen molar-refractivity contribution in [1.29, 1.82) is 0 Å². The van der Waals surface area contributed by atoms with Gasteiger partial charge < -0.3 is 9.64 Å². The topological polar surface area (TPSA) is 64.4 Å². The van der Waals surface area contributed by atoms with Crippen LogP contribution in [0.25, 0.3) is 11.3 Å². The van der Waals surface area contributed by atoms with Gasteiger partial charge in [0.05, 0.1) is 17.7 Å². The molecule has 0 aliphatic heterocycles. The van der Waals surface area contributed by atoms with Gasteiger partial charge in [-0.3, -0.25) is 0 Å². The molecule has 148 valence electrons. The maximum atomic E-state index is 12.9. The highest BCUT2D eigenvalue weighted by atomic mass is 35.5. The summed E-state index contributed by atoms with van der Waals surface area (Å²) in [5, 5.41) is 4.91. The molecule has 0 saturated heterocycles. The lowest BCUT2D eigenvalue weighted by molar-refractivity contribution is 0.282. The quantitative estimate of drug-likeness (QED) is 0.520. The minimum atomic E-state index is -3.81. The Balaban J connectivity index is 1.96. The van der Waals surface area contributed by atoms with E-state index in [9.17, 15) is 8.42 Å². The molecule has 1 aromatic heterocycles. The van der Waals surface area contributed by atoms with Crippen LogP contribution < -0.4 is 4.74 Å². The Hall–Kier alpha value is -2.35. The summed E-state index contributed by atoms with van der Waals surface area (Å²) in [4.78, 5) is 2.23. The monoisotopic (exact) mass is 419 g/mol. The van der Waals surface area contributed by atoms with Crippen molar-refractivity contribution in [3.63, 3.8) is 0 Å². The van der Waals surface area contributed by atoms with Crippen LogP contribution in [0.15, 0.2) is 65.7 Å². The Bertz CT molecular complexity index is 1020. The van der Waals surface area contributed by atoms with E-state index in [4.69, 9.17) is 16.3 Å². The lowest BCUT2D eigenvalue weighted by atomic mass is 10.1. The molecule has 0 bridgehead atoms. The average Bonchev–Trinajstić information content (AvgIpc) is 3.11. The van der Waals surface area contributed by atoms with Crippen LogP contribution in [0.5, 0.6) is 5.75 Å². The fraction of sp³-hybridized carbons (Fsp3) is 0.250. The Labute approximate surface area is 170 Å². The fourth-order valence-electron chi connectivity index (χ4n) is 2.64. The minimum Gasteiger partial charge on any atom is -0.490 e. The van der Waals surface area contributed by atoms with Crippen molar-refractivity contribution in [3.05, 3.63) is 65.8 Å². The highest BCUT2D eigenvalue weighted by molar-refractivity contribution is 7.89. The molecule has 6 nitrogen and oxygen atoms in total. The molecule has 8 heteroatoms. The molecular formula is C20H22ClN3O3S. The van der Waals surface area contributed by atoms with Gasteiger partial charge in [0.25, 0.3) is 10.0 Å². The van der Waals surface area contributed by atoms with Gasteiger partial charge in [0, 0.05) is 17.1 Å². The number of benzene rings is 2. The van der Waals surface area contributed by atoms with E-state index in [1.165, 1.54) is 18.3 Å². The minimum absolute atomic E-state index is 0.166. The summed E-state index contributed by atoms with van der Waals surface area (Å²) in [7, 11) is 0.170. The van der Waals surface area contributed by atoms with Gasteiger partial charge in [0.1, 0.15) is 5.69 Å². The standard InChI is InChI=1S/C20H22ClN3O3S/c1-23(2)13-6-14-27-19-15-24(28(25,26)18-7-4-3-5-8-18)22-20(19)16-9-11-17(21)12-10-16/h3-5,7-12,15H,6,13-14H2,1-2H3. The number of hydrogen-bond acceptors (Lipinski definition) is 5. The van der Waals surface area contributed by atoms with Crippen molar-refractivity contribution < 1.29 is 13.2 Å². The average molecular weight is 420 g/mol. The van der Waals surface area contributed by atoms with Gasteiger partial charge in [-0.05, 0) is 44.8 Å². The first-order valence-electron chi connectivity index (χ1n) is 8.81. The van der Waals surface area contributed by atoms with E-state index in [0.717, 1.165) is 22.6 Å². The van der Waals surface area contributed by atoms with Crippen LogP contribution in [-0.2, 0) is 10.0 Å². The lowest BCUT2D eigenvalue weighted by Gasteiger charge is -2.10. The smallest absolute Gasteiger partial charge is 0.283 e. The van der Waals surface area contributed by atoms with E-state index in [0.29, 0.717) is 23.1 Å². The van der Waals surface area contributed by atoms with Gasteiger partial charge in [0.2, 0.25) is 0 Å². The third kappa shape index (κ3) is 4.73. The van der Waals surface area contributed by atoms with Crippen molar-refractivity contribution in [2.24, 2.45) is 0 Å². The van der Waals surface area contributed by atoms with E-state index in [2.05, 4.69) is 10.00 Å². The zero-order chi connectivity index (χ0) is 20.1. The second-order valence-corrected chi connectivity index (χ2v) is 8.78. The van der Waals surface area contributed by atoms with Gasteiger partial charge in [-0.1, -0.05) is 41.9 Å². The van der Waals surface area contributed by atoms with Crippen LogP contribution in [0, 0.1) is 0 Å². The van der Waals surface area contributed by atoms with E-state index >= 15 is 0 Å². The zero-order valence-electron chi connectivity index (χ0n) is 15.7. The predicted molar refractivity (Wildman–Crippen MR) is 110 cm³/mol. The second-order valence-electron chi connectivity index (χ2n) is 6.54.